The molecule has 78 valence electrons. The Morgan fingerprint density at radius 3 is 2.93 bits per heavy atom. The van der Waals surface area contributed by atoms with E-state index in [0.29, 0.717) is 6.61 Å². The van der Waals surface area contributed by atoms with Crippen molar-refractivity contribution in [1.29, 1.82) is 0 Å². The molecule has 0 fully saturated rings. The predicted molar refractivity (Wildman–Crippen MR) is 53.8 cm³/mol. The lowest BCUT2D eigenvalue weighted by molar-refractivity contribution is -0.136. The number of carboxylic acids is 1. The Hall–Kier alpha value is -0.940. The number of carboxylic acid groups (broad SMARTS) is 1. The zero-order chi connectivity index (χ0) is 10.6. The third kappa shape index (κ3) is 3.08. The molecule has 0 aliphatic heterocycles. The summed E-state index contributed by atoms with van der Waals surface area (Å²) >= 11 is 1.46. The van der Waals surface area contributed by atoms with E-state index in [0.717, 1.165) is 22.0 Å². The molecule has 1 aromatic rings. The molecule has 0 spiro atoms. The number of aliphatic carboxylic acids is 1. The van der Waals surface area contributed by atoms with Gasteiger partial charge in [0, 0.05) is 18.4 Å². The van der Waals surface area contributed by atoms with Crippen LogP contribution in [-0.4, -0.2) is 29.8 Å². The number of aromatic nitrogens is 1. The molecule has 1 rings (SSSR count). The van der Waals surface area contributed by atoms with Crippen LogP contribution in [-0.2, 0) is 22.4 Å². The van der Waals surface area contributed by atoms with Crippen molar-refractivity contribution in [3.63, 3.8) is 0 Å². The topological polar surface area (TPSA) is 59.4 Å². The molecule has 1 heterocycles. The first-order valence-corrected chi connectivity index (χ1v) is 5.11. The number of nitrogens with zero attached hydrogens (tertiary/aromatic N) is 1. The predicted octanol–water partition coefficient (Wildman–Crippen LogP) is 1.27. The Balaban J connectivity index is 2.66. The lowest BCUT2D eigenvalue weighted by Crippen LogP contribution is -1.99. The number of rotatable bonds is 5. The van der Waals surface area contributed by atoms with Crippen molar-refractivity contribution in [2.75, 3.05) is 13.7 Å². The van der Waals surface area contributed by atoms with Crippen LogP contribution in [0.5, 0.6) is 0 Å². The van der Waals surface area contributed by atoms with Gasteiger partial charge in [-0.15, -0.1) is 11.3 Å². The average molecular weight is 215 g/mol. The van der Waals surface area contributed by atoms with Gasteiger partial charge in [-0.2, -0.15) is 0 Å². The van der Waals surface area contributed by atoms with Gasteiger partial charge in [-0.25, -0.2) is 4.98 Å². The molecule has 1 aromatic heterocycles. The minimum atomic E-state index is -0.810. The smallest absolute Gasteiger partial charge is 0.308 e. The molecule has 0 radical (unpaired) electrons. The molecule has 0 saturated carbocycles. The van der Waals surface area contributed by atoms with Crippen molar-refractivity contribution in [2.45, 2.75) is 19.8 Å². The van der Waals surface area contributed by atoms with Crippen LogP contribution in [0.1, 0.15) is 15.6 Å². The second-order valence-electron chi connectivity index (χ2n) is 2.93. The minimum Gasteiger partial charge on any atom is -0.481 e. The first kappa shape index (κ1) is 11.1. The molecule has 0 unspecified atom stereocenters. The van der Waals surface area contributed by atoms with Crippen molar-refractivity contribution in [3.05, 3.63) is 15.6 Å². The van der Waals surface area contributed by atoms with Crippen molar-refractivity contribution in [2.24, 2.45) is 0 Å². The zero-order valence-corrected chi connectivity index (χ0v) is 9.06. The molecule has 0 bridgehead atoms. The van der Waals surface area contributed by atoms with E-state index in [4.69, 9.17) is 9.84 Å². The Morgan fingerprint density at radius 1 is 1.64 bits per heavy atom. The summed E-state index contributed by atoms with van der Waals surface area (Å²) < 4.78 is 4.93. The summed E-state index contributed by atoms with van der Waals surface area (Å²) in [5, 5.41) is 9.58. The van der Waals surface area contributed by atoms with Crippen LogP contribution in [0.25, 0.3) is 0 Å². The van der Waals surface area contributed by atoms with Gasteiger partial charge >= 0.3 is 5.97 Å². The quantitative estimate of drug-likeness (QED) is 0.803. The highest BCUT2D eigenvalue weighted by atomic mass is 32.1. The number of thiazole rings is 1. The van der Waals surface area contributed by atoms with Crippen LogP contribution in [0.3, 0.4) is 0 Å². The third-order valence-electron chi connectivity index (χ3n) is 1.77. The Morgan fingerprint density at radius 2 is 2.36 bits per heavy atom. The lowest BCUT2D eigenvalue weighted by Gasteiger charge is -1.92. The van der Waals surface area contributed by atoms with Gasteiger partial charge < -0.3 is 9.84 Å². The Bertz CT molecular complexity index is 322. The fraction of sp³-hybridized carbons (Fsp3) is 0.556. The van der Waals surface area contributed by atoms with Crippen molar-refractivity contribution in [1.82, 2.24) is 4.98 Å². The number of hydrogen-bond donors (Lipinski definition) is 1. The van der Waals surface area contributed by atoms with E-state index >= 15 is 0 Å². The number of aryl methyl sites for hydroxylation is 1. The molecule has 0 atom stereocenters. The molecule has 0 aliphatic carbocycles. The first-order valence-electron chi connectivity index (χ1n) is 4.29. The van der Waals surface area contributed by atoms with Crippen LogP contribution in [0.15, 0.2) is 0 Å². The van der Waals surface area contributed by atoms with Gasteiger partial charge in [0.25, 0.3) is 0 Å². The van der Waals surface area contributed by atoms with Gasteiger partial charge in [-0.3, -0.25) is 4.79 Å². The normalized spacial score (nSPS) is 10.4. The maximum absolute atomic E-state index is 10.5. The molecule has 5 heteroatoms. The zero-order valence-electron chi connectivity index (χ0n) is 8.24. The molecule has 0 aliphatic rings. The highest BCUT2D eigenvalue weighted by Crippen LogP contribution is 2.19. The molecule has 0 aromatic carbocycles. The SMILES string of the molecule is COCCc1nc(C)c(CC(=O)O)s1. The largest absolute Gasteiger partial charge is 0.481 e. The van der Waals surface area contributed by atoms with Crippen LogP contribution < -0.4 is 0 Å². The van der Waals surface area contributed by atoms with Gasteiger partial charge in [-0.05, 0) is 6.92 Å². The highest BCUT2D eigenvalue weighted by Gasteiger charge is 2.10. The van der Waals surface area contributed by atoms with E-state index in [9.17, 15) is 4.79 Å². The highest BCUT2D eigenvalue weighted by molar-refractivity contribution is 7.11. The number of carbonyl (C=O) groups is 1. The van der Waals surface area contributed by atoms with E-state index in [1.807, 2.05) is 6.92 Å². The third-order valence-corrected chi connectivity index (χ3v) is 2.99. The van der Waals surface area contributed by atoms with Crippen LogP contribution in [0.2, 0.25) is 0 Å². The van der Waals surface area contributed by atoms with Crippen molar-refractivity contribution >= 4 is 17.3 Å². The van der Waals surface area contributed by atoms with Gasteiger partial charge in [0.15, 0.2) is 0 Å². The Labute approximate surface area is 86.6 Å². The molecule has 0 saturated heterocycles. The van der Waals surface area contributed by atoms with Crippen LogP contribution in [0.4, 0.5) is 0 Å². The maximum atomic E-state index is 10.5. The summed E-state index contributed by atoms with van der Waals surface area (Å²) in [4.78, 5) is 15.6. The minimum absolute atomic E-state index is 0.0660. The molecular weight excluding hydrogens is 202 g/mol. The van der Waals surface area contributed by atoms with E-state index in [1.165, 1.54) is 11.3 Å². The lowest BCUT2D eigenvalue weighted by atomic mass is 10.3. The Kier molecular flexibility index (Phi) is 4.03. The molecule has 0 amide bonds. The standard InChI is InChI=1S/C9H13NO3S/c1-6-7(5-9(11)12)14-8(10-6)3-4-13-2/h3-5H2,1-2H3,(H,11,12). The average Bonchev–Trinajstić information content (AvgIpc) is 2.43. The van der Waals surface area contributed by atoms with Crippen LogP contribution in [0, 0.1) is 6.92 Å². The second kappa shape index (κ2) is 5.07. The first-order chi connectivity index (χ1) is 6.63. The van der Waals surface area contributed by atoms with Crippen molar-refractivity contribution in [3.8, 4) is 0 Å². The van der Waals surface area contributed by atoms with Gasteiger partial charge in [0.2, 0.25) is 0 Å². The van der Waals surface area contributed by atoms with E-state index in [1.54, 1.807) is 7.11 Å². The second-order valence-corrected chi connectivity index (χ2v) is 4.10. The number of ether oxygens (including phenoxy) is 1. The summed E-state index contributed by atoms with van der Waals surface area (Å²) in [6, 6.07) is 0. The molecule has 1 N–H and O–H groups in total. The molecule has 14 heavy (non-hydrogen) atoms. The summed E-state index contributed by atoms with van der Waals surface area (Å²) in [7, 11) is 1.64. The van der Waals surface area contributed by atoms with Gasteiger partial charge in [0.05, 0.1) is 23.7 Å². The van der Waals surface area contributed by atoms with Gasteiger partial charge in [0.1, 0.15) is 0 Å². The van der Waals surface area contributed by atoms with E-state index in [-0.39, 0.29) is 6.42 Å². The fourth-order valence-electron chi connectivity index (χ4n) is 1.09. The van der Waals surface area contributed by atoms with E-state index in [2.05, 4.69) is 4.98 Å². The summed E-state index contributed by atoms with van der Waals surface area (Å²) in [5.41, 5.74) is 0.823. The summed E-state index contributed by atoms with van der Waals surface area (Å²) in [6.45, 7) is 2.46. The molecule has 4 nitrogen and oxygen atoms in total. The summed E-state index contributed by atoms with van der Waals surface area (Å²) in [6.07, 6.45) is 0.818. The van der Waals surface area contributed by atoms with E-state index < -0.39 is 5.97 Å². The van der Waals surface area contributed by atoms with Crippen LogP contribution >= 0.6 is 11.3 Å². The maximum Gasteiger partial charge on any atom is 0.308 e. The molecular formula is C9H13NO3S. The van der Waals surface area contributed by atoms with Gasteiger partial charge in [-0.1, -0.05) is 0 Å². The fourth-order valence-corrected chi connectivity index (χ4v) is 2.13. The number of methoxy groups -OCH3 is 1. The monoisotopic (exact) mass is 215 g/mol. The van der Waals surface area contributed by atoms with Crippen molar-refractivity contribution < 1.29 is 14.6 Å². The summed E-state index contributed by atoms with van der Waals surface area (Å²) in [5.74, 6) is -0.810. The number of hydrogen-bond acceptors (Lipinski definition) is 4.